The van der Waals surface area contributed by atoms with E-state index >= 15 is 0 Å². The molecule has 2 bridgehead atoms. The average molecular weight is 186 g/mol. The second-order valence-corrected chi connectivity index (χ2v) is 4.29. The second-order valence-electron chi connectivity index (χ2n) is 4.29. The maximum absolute atomic E-state index is 8.58. The number of rotatable bonds is 2. The van der Waals surface area contributed by atoms with Gasteiger partial charge in [-0.2, -0.15) is 5.26 Å². The van der Waals surface area contributed by atoms with E-state index in [2.05, 4.69) is 15.3 Å². The van der Waals surface area contributed by atoms with Gasteiger partial charge in [0.15, 0.2) is 0 Å². The molecule has 0 amide bonds. The molecule has 3 saturated carbocycles. The summed E-state index contributed by atoms with van der Waals surface area (Å²) in [5, 5.41) is 11.9. The van der Waals surface area contributed by atoms with Crippen LogP contribution in [0.5, 0.6) is 0 Å². The van der Waals surface area contributed by atoms with Gasteiger partial charge < -0.3 is 5.32 Å². The maximum atomic E-state index is 8.58. The van der Waals surface area contributed by atoms with Gasteiger partial charge >= 0.3 is 0 Å². The molecule has 1 N–H and O–H groups in total. The Kier molecular flexibility index (Phi) is 1.35. The molecule has 4 heteroatoms. The third-order valence-electron chi connectivity index (χ3n) is 3.20. The van der Waals surface area contributed by atoms with Gasteiger partial charge in [-0.15, -0.1) is 0 Å². The molecule has 0 saturated heterocycles. The molecule has 3 aliphatic carbocycles. The summed E-state index contributed by atoms with van der Waals surface area (Å²) in [7, 11) is 0. The third-order valence-corrected chi connectivity index (χ3v) is 3.20. The number of aromatic nitrogens is 2. The lowest BCUT2D eigenvalue weighted by molar-refractivity contribution is 0.00146. The van der Waals surface area contributed by atoms with Crippen molar-refractivity contribution in [3.05, 3.63) is 18.0 Å². The Bertz CT molecular complexity index is 386. The molecule has 3 aliphatic rings. The number of anilines is 1. The minimum absolute atomic E-state index is 0.304. The standard InChI is InChI=1S/C10H10N4/c11-4-8-5-12-9(13-6-8)14-10-1-7(2-10)3-10/h5-7H,1-3H2,(H,12,13,14). The van der Waals surface area contributed by atoms with Gasteiger partial charge in [-0.25, -0.2) is 9.97 Å². The Morgan fingerprint density at radius 3 is 2.43 bits per heavy atom. The van der Waals surface area contributed by atoms with Crippen molar-refractivity contribution in [2.75, 3.05) is 5.32 Å². The van der Waals surface area contributed by atoms with E-state index in [1.54, 1.807) is 12.4 Å². The molecule has 70 valence electrons. The van der Waals surface area contributed by atoms with Crippen molar-refractivity contribution in [2.24, 2.45) is 5.92 Å². The first kappa shape index (κ1) is 7.74. The van der Waals surface area contributed by atoms with E-state index < -0.39 is 0 Å². The zero-order valence-corrected chi connectivity index (χ0v) is 7.70. The Hall–Kier alpha value is -1.63. The Balaban J connectivity index is 1.74. The van der Waals surface area contributed by atoms with Crippen molar-refractivity contribution in [1.29, 1.82) is 5.26 Å². The van der Waals surface area contributed by atoms with Gasteiger partial charge in [0.2, 0.25) is 5.95 Å². The first-order valence-electron chi connectivity index (χ1n) is 4.80. The minimum atomic E-state index is 0.304. The molecule has 1 heterocycles. The van der Waals surface area contributed by atoms with E-state index in [0.717, 1.165) is 5.92 Å². The summed E-state index contributed by atoms with van der Waals surface area (Å²) in [5.41, 5.74) is 0.812. The van der Waals surface area contributed by atoms with E-state index in [0.29, 0.717) is 17.1 Å². The summed E-state index contributed by atoms with van der Waals surface area (Å²) in [5.74, 6) is 1.60. The largest absolute Gasteiger partial charge is 0.349 e. The quantitative estimate of drug-likeness (QED) is 0.756. The predicted molar refractivity (Wildman–Crippen MR) is 50.4 cm³/mol. The molecule has 3 fully saturated rings. The van der Waals surface area contributed by atoms with Crippen molar-refractivity contribution in [2.45, 2.75) is 24.8 Å². The van der Waals surface area contributed by atoms with Crippen molar-refractivity contribution in [3.63, 3.8) is 0 Å². The third kappa shape index (κ3) is 0.987. The van der Waals surface area contributed by atoms with E-state index in [4.69, 9.17) is 5.26 Å². The van der Waals surface area contributed by atoms with Gasteiger partial charge in [-0.05, 0) is 25.2 Å². The number of hydrogen-bond acceptors (Lipinski definition) is 4. The SMILES string of the molecule is N#Cc1cnc(NC23CC(C2)C3)nc1. The van der Waals surface area contributed by atoms with Crippen LogP contribution in [0.25, 0.3) is 0 Å². The molecule has 0 unspecified atom stereocenters. The van der Waals surface area contributed by atoms with Gasteiger partial charge in [0.1, 0.15) is 6.07 Å². The van der Waals surface area contributed by atoms with E-state index in [-0.39, 0.29) is 0 Å². The lowest BCUT2D eigenvalue weighted by Gasteiger charge is -2.61. The van der Waals surface area contributed by atoms with Crippen LogP contribution < -0.4 is 5.32 Å². The summed E-state index contributed by atoms with van der Waals surface area (Å²) in [6.45, 7) is 0. The minimum Gasteiger partial charge on any atom is -0.349 e. The van der Waals surface area contributed by atoms with E-state index in [9.17, 15) is 0 Å². The highest BCUT2D eigenvalue weighted by Crippen LogP contribution is 2.58. The average Bonchev–Trinajstić information content (AvgIpc) is 2.10. The molecule has 0 spiro atoms. The lowest BCUT2D eigenvalue weighted by atomic mass is 9.50. The van der Waals surface area contributed by atoms with Gasteiger partial charge in [0, 0.05) is 5.54 Å². The van der Waals surface area contributed by atoms with Crippen LogP contribution in [0.15, 0.2) is 12.4 Å². The van der Waals surface area contributed by atoms with Crippen LogP contribution in [0.1, 0.15) is 24.8 Å². The summed E-state index contributed by atoms with van der Waals surface area (Å²) in [6.07, 6.45) is 6.89. The Morgan fingerprint density at radius 2 is 2.00 bits per heavy atom. The van der Waals surface area contributed by atoms with Crippen LogP contribution in [0.2, 0.25) is 0 Å². The topological polar surface area (TPSA) is 61.6 Å². The van der Waals surface area contributed by atoms with Crippen molar-refractivity contribution in [1.82, 2.24) is 9.97 Å². The molecule has 4 rings (SSSR count). The van der Waals surface area contributed by atoms with Gasteiger partial charge in [0.05, 0.1) is 18.0 Å². The normalized spacial score (nSPS) is 32.4. The zero-order valence-electron chi connectivity index (χ0n) is 7.70. The van der Waals surface area contributed by atoms with Crippen molar-refractivity contribution >= 4 is 5.95 Å². The number of hydrogen-bond donors (Lipinski definition) is 1. The molecule has 4 nitrogen and oxygen atoms in total. The smallest absolute Gasteiger partial charge is 0.223 e. The fourth-order valence-electron chi connectivity index (χ4n) is 2.32. The van der Waals surface area contributed by atoms with E-state index in [1.807, 2.05) is 6.07 Å². The van der Waals surface area contributed by atoms with Crippen LogP contribution in [-0.4, -0.2) is 15.5 Å². The fraction of sp³-hybridized carbons (Fsp3) is 0.500. The lowest BCUT2D eigenvalue weighted by Crippen LogP contribution is -2.63. The molecule has 14 heavy (non-hydrogen) atoms. The zero-order chi connectivity index (χ0) is 9.60. The second kappa shape index (κ2) is 2.44. The van der Waals surface area contributed by atoms with Gasteiger partial charge in [0.25, 0.3) is 0 Å². The molecule has 1 aromatic rings. The molecular weight excluding hydrogens is 176 g/mol. The van der Waals surface area contributed by atoms with Gasteiger partial charge in [-0.3, -0.25) is 0 Å². The van der Waals surface area contributed by atoms with E-state index in [1.165, 1.54) is 19.3 Å². The van der Waals surface area contributed by atoms with Crippen LogP contribution in [-0.2, 0) is 0 Å². The molecule has 0 radical (unpaired) electrons. The van der Waals surface area contributed by atoms with Crippen LogP contribution in [0.4, 0.5) is 5.95 Å². The summed E-state index contributed by atoms with van der Waals surface area (Å²) in [6, 6.07) is 2.00. The monoisotopic (exact) mass is 186 g/mol. The Labute approximate surface area is 82.0 Å². The molecule has 1 aromatic heterocycles. The van der Waals surface area contributed by atoms with Crippen molar-refractivity contribution in [3.8, 4) is 6.07 Å². The summed E-state index contributed by atoms with van der Waals surface area (Å²) in [4.78, 5) is 8.19. The highest BCUT2D eigenvalue weighted by atomic mass is 15.2. The predicted octanol–water partition coefficient (Wildman–Crippen LogP) is 1.31. The molecule has 0 atom stereocenters. The number of nitrogens with zero attached hydrogens (tertiary/aromatic N) is 3. The van der Waals surface area contributed by atoms with Crippen LogP contribution in [0.3, 0.4) is 0 Å². The Morgan fingerprint density at radius 1 is 1.36 bits per heavy atom. The summed E-state index contributed by atoms with van der Waals surface area (Å²) >= 11 is 0. The van der Waals surface area contributed by atoms with Gasteiger partial charge in [-0.1, -0.05) is 0 Å². The highest BCUT2D eigenvalue weighted by molar-refractivity contribution is 5.37. The summed E-state index contributed by atoms with van der Waals surface area (Å²) < 4.78 is 0. The van der Waals surface area contributed by atoms with Crippen molar-refractivity contribution < 1.29 is 0 Å². The van der Waals surface area contributed by atoms with Crippen LogP contribution >= 0.6 is 0 Å². The molecule has 0 aliphatic heterocycles. The number of nitrogens with one attached hydrogen (secondary N) is 1. The first-order valence-corrected chi connectivity index (χ1v) is 4.80. The molecule has 0 aromatic carbocycles. The maximum Gasteiger partial charge on any atom is 0.223 e. The molecular formula is C10H10N4. The number of nitriles is 1. The highest BCUT2D eigenvalue weighted by Gasteiger charge is 2.56. The fourth-order valence-corrected chi connectivity index (χ4v) is 2.32. The first-order chi connectivity index (χ1) is 6.80. The van der Waals surface area contributed by atoms with Crippen LogP contribution in [0, 0.1) is 17.2 Å².